The molecule has 118 valence electrons. The number of rotatable bonds is 3. The highest BCUT2D eigenvalue weighted by atomic mass is 32.2. The molecule has 0 bridgehead atoms. The first kappa shape index (κ1) is 16.1. The van der Waals surface area contributed by atoms with E-state index in [4.69, 9.17) is 5.73 Å². The van der Waals surface area contributed by atoms with Gasteiger partial charge in [0, 0.05) is 19.1 Å². The summed E-state index contributed by atoms with van der Waals surface area (Å²) >= 11 is 0. The molecule has 0 saturated carbocycles. The summed E-state index contributed by atoms with van der Waals surface area (Å²) in [4.78, 5) is 1.37. The van der Waals surface area contributed by atoms with E-state index in [1.54, 1.807) is 0 Å². The molecule has 2 N–H and O–H groups in total. The Bertz CT molecular complexity index is 635. The van der Waals surface area contributed by atoms with E-state index in [2.05, 4.69) is 0 Å². The van der Waals surface area contributed by atoms with Crippen LogP contribution in [-0.4, -0.2) is 50.8 Å². The van der Waals surface area contributed by atoms with Crippen LogP contribution in [0.1, 0.15) is 12.8 Å². The molecule has 0 aliphatic carbocycles. The zero-order valence-corrected chi connectivity index (χ0v) is 12.8. The number of hydrogen-bond acceptors (Lipinski definition) is 4. The molecule has 1 aliphatic rings. The highest BCUT2D eigenvalue weighted by Crippen LogP contribution is 2.27. The van der Waals surface area contributed by atoms with E-state index in [0.29, 0.717) is 13.0 Å². The average molecular weight is 319 g/mol. The number of likely N-dealkylation sites (N-methyl/N-ethyl adjacent to an activating group) is 1. The average Bonchev–Trinajstić information content (AvgIpc) is 2.44. The summed E-state index contributed by atoms with van der Waals surface area (Å²) in [5.74, 6) is -2.18. The van der Waals surface area contributed by atoms with Crippen LogP contribution in [0.4, 0.5) is 14.5 Å². The Hall–Kier alpha value is -1.25. The van der Waals surface area contributed by atoms with E-state index in [0.717, 1.165) is 18.6 Å². The van der Waals surface area contributed by atoms with Crippen molar-refractivity contribution in [1.82, 2.24) is 9.21 Å². The summed E-state index contributed by atoms with van der Waals surface area (Å²) in [5, 5.41) is 0. The van der Waals surface area contributed by atoms with Crippen molar-refractivity contribution in [2.24, 2.45) is 0 Å². The van der Waals surface area contributed by atoms with Gasteiger partial charge in [0.05, 0.1) is 0 Å². The van der Waals surface area contributed by atoms with E-state index in [9.17, 15) is 17.2 Å². The summed E-state index contributed by atoms with van der Waals surface area (Å²) in [6, 6.07) is 1.88. The number of nitrogens with zero attached hydrogens (tertiary/aromatic N) is 2. The molecule has 5 nitrogen and oxygen atoms in total. The van der Waals surface area contributed by atoms with Gasteiger partial charge in [-0.2, -0.15) is 4.31 Å². The van der Waals surface area contributed by atoms with Gasteiger partial charge in [-0.3, -0.25) is 0 Å². The van der Waals surface area contributed by atoms with Crippen LogP contribution < -0.4 is 5.73 Å². The number of nitrogens with two attached hydrogens (primary N) is 1. The van der Waals surface area contributed by atoms with Gasteiger partial charge in [0.2, 0.25) is 10.0 Å². The maximum absolute atomic E-state index is 14.0. The Balaban J connectivity index is 2.36. The van der Waals surface area contributed by atoms with E-state index >= 15 is 0 Å². The van der Waals surface area contributed by atoms with Gasteiger partial charge < -0.3 is 10.6 Å². The molecule has 0 radical (unpaired) electrons. The van der Waals surface area contributed by atoms with Crippen molar-refractivity contribution in [3.05, 3.63) is 23.8 Å². The fourth-order valence-corrected chi connectivity index (χ4v) is 4.04. The Kier molecular flexibility index (Phi) is 4.50. The minimum Gasteiger partial charge on any atom is -0.394 e. The number of hydrogen-bond donors (Lipinski definition) is 1. The van der Waals surface area contributed by atoms with Gasteiger partial charge in [0.1, 0.15) is 16.4 Å². The first-order valence-electron chi connectivity index (χ1n) is 6.65. The molecule has 2 rings (SSSR count). The smallest absolute Gasteiger partial charge is 0.246 e. The van der Waals surface area contributed by atoms with Gasteiger partial charge in [-0.05, 0) is 39.1 Å². The first-order valence-corrected chi connectivity index (χ1v) is 8.09. The maximum atomic E-state index is 14.0. The van der Waals surface area contributed by atoms with Crippen molar-refractivity contribution >= 4 is 15.7 Å². The fraction of sp³-hybridized carbons (Fsp3) is 0.538. The molecule has 0 spiro atoms. The van der Waals surface area contributed by atoms with Crippen LogP contribution in [0.15, 0.2) is 17.0 Å². The molecular weight excluding hydrogens is 300 g/mol. The predicted molar refractivity (Wildman–Crippen MR) is 76.2 cm³/mol. The quantitative estimate of drug-likeness (QED) is 0.852. The minimum absolute atomic E-state index is 0.0781. The largest absolute Gasteiger partial charge is 0.394 e. The van der Waals surface area contributed by atoms with Gasteiger partial charge in [-0.1, -0.05) is 0 Å². The monoisotopic (exact) mass is 319 g/mol. The maximum Gasteiger partial charge on any atom is 0.246 e. The SMILES string of the molecule is CN(C)C1CCCN(S(=O)(=O)c2ccc(F)c(N)c2F)C1. The van der Waals surface area contributed by atoms with Crippen molar-refractivity contribution in [1.29, 1.82) is 0 Å². The van der Waals surface area contributed by atoms with Crippen molar-refractivity contribution in [3.63, 3.8) is 0 Å². The van der Waals surface area contributed by atoms with Gasteiger partial charge in [-0.25, -0.2) is 17.2 Å². The van der Waals surface area contributed by atoms with E-state index in [1.807, 2.05) is 19.0 Å². The molecule has 1 aliphatic heterocycles. The highest BCUT2D eigenvalue weighted by Gasteiger charge is 2.33. The zero-order chi connectivity index (χ0) is 15.8. The zero-order valence-electron chi connectivity index (χ0n) is 12.0. The molecule has 8 heteroatoms. The molecule has 1 atom stereocenters. The number of nitrogen functional groups attached to an aromatic ring is 1. The van der Waals surface area contributed by atoms with Crippen molar-refractivity contribution in [2.75, 3.05) is 32.9 Å². The molecule has 1 unspecified atom stereocenters. The van der Waals surface area contributed by atoms with E-state index in [1.165, 1.54) is 4.31 Å². The predicted octanol–water partition coefficient (Wildman–Crippen LogP) is 1.26. The topological polar surface area (TPSA) is 66.6 Å². The second-order valence-corrected chi connectivity index (χ2v) is 7.30. The Morgan fingerprint density at radius 2 is 2.00 bits per heavy atom. The number of benzene rings is 1. The number of piperidine rings is 1. The molecule has 21 heavy (non-hydrogen) atoms. The standard InChI is InChI=1S/C13H19F2N3O2S/c1-17(2)9-4-3-7-18(8-9)21(19,20)11-6-5-10(14)13(16)12(11)15/h5-6,9H,3-4,7-8,16H2,1-2H3. The van der Waals surface area contributed by atoms with Gasteiger partial charge in [0.15, 0.2) is 5.82 Å². The van der Waals surface area contributed by atoms with Crippen molar-refractivity contribution in [2.45, 2.75) is 23.8 Å². The fourth-order valence-electron chi connectivity index (χ4n) is 2.45. The van der Waals surface area contributed by atoms with Gasteiger partial charge in [-0.15, -0.1) is 0 Å². The molecule has 1 aromatic carbocycles. The molecule has 0 aromatic heterocycles. The molecule has 1 heterocycles. The molecule has 0 amide bonds. The third-order valence-electron chi connectivity index (χ3n) is 3.80. The Labute approximate surface area is 123 Å². The van der Waals surface area contributed by atoms with Crippen molar-refractivity contribution in [3.8, 4) is 0 Å². The second kappa shape index (κ2) is 5.86. The lowest BCUT2D eigenvalue weighted by Gasteiger charge is -2.35. The van der Waals surface area contributed by atoms with Crippen LogP contribution >= 0.6 is 0 Å². The molecule has 1 fully saturated rings. The Morgan fingerprint density at radius 3 is 2.62 bits per heavy atom. The Morgan fingerprint density at radius 1 is 1.33 bits per heavy atom. The summed E-state index contributed by atoms with van der Waals surface area (Å²) in [6.07, 6.45) is 1.58. The van der Waals surface area contributed by atoms with E-state index in [-0.39, 0.29) is 12.6 Å². The number of halogens is 2. The van der Waals surface area contributed by atoms with Gasteiger partial charge >= 0.3 is 0 Å². The second-order valence-electron chi connectivity index (χ2n) is 5.40. The lowest BCUT2D eigenvalue weighted by atomic mass is 10.1. The lowest BCUT2D eigenvalue weighted by Crippen LogP contribution is -2.47. The van der Waals surface area contributed by atoms with Gasteiger partial charge in [0.25, 0.3) is 0 Å². The van der Waals surface area contributed by atoms with Crippen LogP contribution in [0.2, 0.25) is 0 Å². The van der Waals surface area contributed by atoms with Crippen LogP contribution in [0.3, 0.4) is 0 Å². The molecule has 1 aromatic rings. The summed E-state index contributed by atoms with van der Waals surface area (Å²) in [7, 11) is -0.269. The number of anilines is 1. The molecular formula is C13H19F2N3O2S. The summed E-state index contributed by atoms with van der Waals surface area (Å²) in [6.45, 7) is 0.607. The van der Waals surface area contributed by atoms with Crippen LogP contribution in [0, 0.1) is 11.6 Å². The van der Waals surface area contributed by atoms with Crippen LogP contribution in [0.5, 0.6) is 0 Å². The summed E-state index contributed by atoms with van der Waals surface area (Å²) < 4.78 is 53.5. The van der Waals surface area contributed by atoms with E-state index < -0.39 is 32.2 Å². The van der Waals surface area contributed by atoms with Crippen molar-refractivity contribution < 1.29 is 17.2 Å². The lowest BCUT2D eigenvalue weighted by molar-refractivity contribution is 0.190. The van der Waals surface area contributed by atoms with Crippen LogP contribution in [-0.2, 0) is 10.0 Å². The minimum atomic E-state index is -4.01. The third kappa shape index (κ3) is 3.02. The van der Waals surface area contributed by atoms with Crippen LogP contribution in [0.25, 0.3) is 0 Å². The summed E-state index contributed by atoms with van der Waals surface area (Å²) in [5.41, 5.74) is 4.48. The third-order valence-corrected chi connectivity index (χ3v) is 5.68. The number of sulfonamides is 1. The molecule has 1 saturated heterocycles. The highest BCUT2D eigenvalue weighted by molar-refractivity contribution is 7.89. The first-order chi connectivity index (χ1) is 9.75. The normalized spacial score (nSPS) is 20.9.